The van der Waals surface area contributed by atoms with E-state index in [0.717, 1.165) is 22.8 Å². The molecule has 1 aromatic carbocycles. The van der Waals surface area contributed by atoms with Crippen LogP contribution in [0.25, 0.3) is 5.69 Å². The summed E-state index contributed by atoms with van der Waals surface area (Å²) in [6.07, 6.45) is 1.30. The van der Waals surface area contributed by atoms with Gasteiger partial charge in [0.15, 0.2) is 6.61 Å². The third kappa shape index (κ3) is 3.71. The lowest BCUT2D eigenvalue weighted by Gasteiger charge is -2.11. The van der Waals surface area contributed by atoms with Crippen molar-refractivity contribution in [2.75, 3.05) is 13.7 Å². The van der Waals surface area contributed by atoms with Gasteiger partial charge in [-0.25, -0.2) is 0 Å². The number of aryl methyl sites for hydroxylation is 1. The van der Waals surface area contributed by atoms with E-state index < -0.39 is 10.7 Å². The van der Waals surface area contributed by atoms with Crippen molar-refractivity contribution >= 4 is 11.6 Å². The zero-order valence-electron chi connectivity index (χ0n) is 15.7. The van der Waals surface area contributed by atoms with Gasteiger partial charge in [0.05, 0.1) is 7.11 Å². The number of methoxy groups -OCH3 is 1. The number of ether oxygens (including phenoxy) is 2. The normalized spacial score (nSPS) is 10.5. The summed E-state index contributed by atoms with van der Waals surface area (Å²) in [5.74, 6) is 0.0174. The van der Waals surface area contributed by atoms with Gasteiger partial charge in [0, 0.05) is 22.6 Å². The van der Waals surface area contributed by atoms with E-state index in [0.29, 0.717) is 5.56 Å². The van der Waals surface area contributed by atoms with Gasteiger partial charge >= 0.3 is 5.82 Å². The highest BCUT2D eigenvalue weighted by Gasteiger charge is 2.20. The lowest BCUT2D eigenvalue weighted by atomic mass is 10.1. The Bertz CT molecular complexity index is 1020. The third-order valence-corrected chi connectivity index (χ3v) is 4.34. The minimum Gasteiger partial charge on any atom is -0.497 e. The summed E-state index contributed by atoms with van der Waals surface area (Å²) in [5.41, 5.74) is 3.05. The van der Waals surface area contributed by atoms with E-state index in [9.17, 15) is 14.9 Å². The molecule has 0 amide bonds. The van der Waals surface area contributed by atoms with Gasteiger partial charge in [-0.15, -0.1) is 0 Å². The maximum absolute atomic E-state index is 12.7. The smallest absolute Gasteiger partial charge is 0.406 e. The number of carbonyl (C=O) groups is 1. The quantitative estimate of drug-likeness (QED) is 0.352. The van der Waals surface area contributed by atoms with Crippen molar-refractivity contribution in [1.82, 2.24) is 9.55 Å². The zero-order chi connectivity index (χ0) is 20.3. The summed E-state index contributed by atoms with van der Waals surface area (Å²) in [5, 5.41) is 11.0. The van der Waals surface area contributed by atoms with Gasteiger partial charge in [-0.2, -0.15) is 0 Å². The van der Waals surface area contributed by atoms with Gasteiger partial charge < -0.3 is 24.2 Å². The maximum Gasteiger partial charge on any atom is 0.406 e. The number of hydrogen-bond acceptors (Lipinski definition) is 6. The molecule has 0 unspecified atom stereocenters. The minimum atomic E-state index is -0.643. The highest BCUT2D eigenvalue weighted by molar-refractivity contribution is 5.98. The van der Waals surface area contributed by atoms with E-state index in [-0.39, 0.29) is 18.1 Å². The molecule has 0 aliphatic carbocycles. The Kier molecular flexibility index (Phi) is 5.39. The van der Waals surface area contributed by atoms with Crippen LogP contribution in [0.4, 0.5) is 5.82 Å². The molecule has 144 valence electrons. The molecule has 0 atom stereocenters. The second-order valence-electron chi connectivity index (χ2n) is 6.11. The molecule has 0 aliphatic rings. The van der Waals surface area contributed by atoms with Crippen molar-refractivity contribution in [2.24, 2.45) is 0 Å². The molecule has 28 heavy (non-hydrogen) atoms. The zero-order valence-corrected chi connectivity index (χ0v) is 15.7. The Morgan fingerprint density at radius 3 is 2.57 bits per heavy atom. The van der Waals surface area contributed by atoms with Crippen molar-refractivity contribution in [3.8, 4) is 17.2 Å². The third-order valence-electron chi connectivity index (χ3n) is 4.34. The number of hydrogen-bond donors (Lipinski definition) is 0. The average molecular weight is 381 g/mol. The Morgan fingerprint density at radius 1 is 1.21 bits per heavy atom. The van der Waals surface area contributed by atoms with Crippen LogP contribution < -0.4 is 9.47 Å². The van der Waals surface area contributed by atoms with Gasteiger partial charge in [0.25, 0.3) is 0 Å². The second-order valence-corrected chi connectivity index (χ2v) is 6.11. The second kappa shape index (κ2) is 7.91. The highest BCUT2D eigenvalue weighted by Crippen LogP contribution is 2.25. The average Bonchev–Trinajstić information content (AvgIpc) is 3.00. The molecule has 2 heterocycles. The molecule has 0 N–H and O–H groups in total. The molecule has 8 nitrogen and oxygen atoms in total. The van der Waals surface area contributed by atoms with Gasteiger partial charge in [0.1, 0.15) is 11.9 Å². The van der Waals surface area contributed by atoms with Crippen molar-refractivity contribution in [2.45, 2.75) is 13.8 Å². The lowest BCUT2D eigenvalue weighted by Crippen LogP contribution is -2.13. The molecule has 3 rings (SSSR count). The molecule has 0 aliphatic heterocycles. The number of nitrogens with zero attached hydrogens (tertiary/aromatic N) is 3. The van der Waals surface area contributed by atoms with Gasteiger partial charge in [-0.05, 0) is 66.2 Å². The number of aromatic nitrogens is 2. The van der Waals surface area contributed by atoms with Crippen LogP contribution in [0.15, 0.2) is 48.7 Å². The largest absolute Gasteiger partial charge is 0.497 e. The van der Waals surface area contributed by atoms with Crippen LogP contribution in [0.5, 0.6) is 11.5 Å². The molecule has 0 bridgehead atoms. The summed E-state index contributed by atoms with van der Waals surface area (Å²) in [7, 11) is 1.60. The van der Waals surface area contributed by atoms with Crippen molar-refractivity contribution in [1.29, 1.82) is 0 Å². The first kappa shape index (κ1) is 19.1. The lowest BCUT2D eigenvalue weighted by molar-refractivity contribution is -0.390. The number of ketones is 1. The molecule has 8 heteroatoms. The van der Waals surface area contributed by atoms with Crippen LogP contribution in [-0.2, 0) is 0 Å². The highest BCUT2D eigenvalue weighted by atomic mass is 16.6. The number of benzene rings is 1. The van der Waals surface area contributed by atoms with Crippen LogP contribution in [0, 0.1) is 24.0 Å². The first-order chi connectivity index (χ1) is 13.4. The van der Waals surface area contributed by atoms with Crippen LogP contribution in [0.1, 0.15) is 21.7 Å². The van der Waals surface area contributed by atoms with Gasteiger partial charge in [-0.1, -0.05) is 0 Å². The number of carbonyl (C=O) groups excluding carboxylic acids is 1. The van der Waals surface area contributed by atoms with Crippen LogP contribution in [0.2, 0.25) is 0 Å². The Balaban J connectivity index is 1.82. The monoisotopic (exact) mass is 381 g/mol. The fourth-order valence-electron chi connectivity index (χ4n) is 3.03. The van der Waals surface area contributed by atoms with Crippen LogP contribution >= 0.6 is 0 Å². The Labute approximate surface area is 161 Å². The van der Waals surface area contributed by atoms with E-state index >= 15 is 0 Å². The molecular weight excluding hydrogens is 362 g/mol. The Hall–Kier alpha value is -3.68. The first-order valence-corrected chi connectivity index (χ1v) is 8.51. The molecule has 0 radical (unpaired) electrons. The maximum atomic E-state index is 12.7. The van der Waals surface area contributed by atoms with Crippen LogP contribution in [0.3, 0.4) is 0 Å². The van der Waals surface area contributed by atoms with Crippen molar-refractivity contribution in [3.63, 3.8) is 0 Å². The topological polar surface area (TPSA) is 96.5 Å². The van der Waals surface area contributed by atoms with E-state index in [1.54, 1.807) is 13.2 Å². The number of rotatable bonds is 7. The minimum absolute atomic E-state index is 0.0372. The fourth-order valence-corrected chi connectivity index (χ4v) is 3.03. The number of nitro groups is 1. The summed E-state index contributed by atoms with van der Waals surface area (Å²) in [6, 6.07) is 12.2. The molecule has 3 aromatic rings. The van der Waals surface area contributed by atoms with Crippen LogP contribution in [-0.4, -0.2) is 34.0 Å². The number of pyridine rings is 1. The van der Waals surface area contributed by atoms with Gasteiger partial charge in [0.2, 0.25) is 11.5 Å². The molecule has 0 fully saturated rings. The standard InChI is InChI=1S/C20H19N3O5/c1-13-11-17(14(2)22(13)15-6-8-16(27-3)9-7-15)18(24)12-28-19-5-4-10-21-20(19)23(25)26/h4-11H,12H2,1-3H3. The van der Waals surface area contributed by atoms with E-state index in [1.807, 2.05) is 42.7 Å². The Morgan fingerprint density at radius 2 is 1.93 bits per heavy atom. The predicted molar refractivity (Wildman–Crippen MR) is 103 cm³/mol. The molecule has 0 spiro atoms. The van der Waals surface area contributed by atoms with Crippen molar-refractivity contribution < 1.29 is 19.2 Å². The summed E-state index contributed by atoms with van der Waals surface area (Å²) in [4.78, 5) is 26.7. The molecule has 0 saturated heterocycles. The first-order valence-electron chi connectivity index (χ1n) is 8.51. The SMILES string of the molecule is COc1ccc(-n2c(C)cc(C(=O)COc3cccnc3[N+](=O)[O-])c2C)cc1. The summed E-state index contributed by atoms with van der Waals surface area (Å²) in [6.45, 7) is 3.43. The van der Waals surface area contributed by atoms with E-state index in [1.165, 1.54) is 18.3 Å². The predicted octanol–water partition coefficient (Wildman–Crippen LogP) is 3.67. The summed E-state index contributed by atoms with van der Waals surface area (Å²) < 4.78 is 12.5. The van der Waals surface area contributed by atoms with E-state index in [2.05, 4.69) is 4.98 Å². The van der Waals surface area contributed by atoms with Gasteiger partial charge in [-0.3, -0.25) is 4.79 Å². The van der Waals surface area contributed by atoms with Crippen molar-refractivity contribution in [3.05, 3.63) is 75.7 Å². The van der Waals surface area contributed by atoms with E-state index in [4.69, 9.17) is 9.47 Å². The fraction of sp³-hybridized carbons (Fsp3) is 0.200. The molecule has 2 aromatic heterocycles. The molecular formula is C20H19N3O5. The summed E-state index contributed by atoms with van der Waals surface area (Å²) >= 11 is 0. The number of Topliss-reactive ketones (excluding diaryl/α,β-unsaturated/α-hetero) is 1. The molecule has 0 saturated carbocycles.